The Kier molecular flexibility index (Phi) is 4.28. The summed E-state index contributed by atoms with van der Waals surface area (Å²) in [6, 6.07) is -1.50. The highest BCUT2D eigenvalue weighted by Gasteiger charge is 2.49. The molecule has 0 aromatic heterocycles. The van der Waals surface area contributed by atoms with Crippen molar-refractivity contribution < 1.29 is 24.2 Å². The number of rotatable bonds is 6. The van der Waals surface area contributed by atoms with Gasteiger partial charge in [-0.1, -0.05) is 0 Å². The van der Waals surface area contributed by atoms with Crippen LogP contribution in [0.4, 0.5) is 0 Å². The number of carbonyl (C=O) groups is 3. The zero-order valence-corrected chi connectivity index (χ0v) is 10.4. The molecule has 0 spiro atoms. The Labute approximate surface area is 105 Å². The average Bonchev–Trinajstić information content (AvgIpc) is 3.11. The van der Waals surface area contributed by atoms with Gasteiger partial charge >= 0.3 is 11.9 Å². The van der Waals surface area contributed by atoms with E-state index < -0.39 is 29.4 Å². The van der Waals surface area contributed by atoms with Crippen LogP contribution >= 0.6 is 0 Å². The molecule has 7 nitrogen and oxygen atoms in total. The van der Waals surface area contributed by atoms with Crippen LogP contribution in [0.25, 0.3) is 0 Å². The van der Waals surface area contributed by atoms with Gasteiger partial charge in [-0.2, -0.15) is 0 Å². The number of nitrogens with two attached hydrogens (primary N) is 1. The molecular weight excluding hydrogens is 240 g/mol. The van der Waals surface area contributed by atoms with E-state index in [1.54, 1.807) is 6.92 Å². The minimum atomic E-state index is -1.50. The summed E-state index contributed by atoms with van der Waals surface area (Å²) in [4.78, 5) is 34.2. The average molecular weight is 258 g/mol. The van der Waals surface area contributed by atoms with E-state index in [1.807, 2.05) is 0 Å². The third-order valence-electron chi connectivity index (χ3n) is 3.04. The molecule has 0 aromatic carbocycles. The van der Waals surface area contributed by atoms with Crippen LogP contribution in [0.5, 0.6) is 0 Å². The maximum Gasteiger partial charge on any atom is 0.332 e. The van der Waals surface area contributed by atoms with Crippen LogP contribution in [-0.4, -0.2) is 41.1 Å². The molecule has 1 aliphatic rings. The van der Waals surface area contributed by atoms with Crippen molar-refractivity contribution in [3.8, 4) is 0 Å². The topological polar surface area (TPSA) is 119 Å². The Morgan fingerprint density at radius 3 is 2.44 bits per heavy atom. The Hall–Kier alpha value is -1.63. The van der Waals surface area contributed by atoms with E-state index in [0.29, 0.717) is 0 Å². The van der Waals surface area contributed by atoms with E-state index in [1.165, 1.54) is 6.92 Å². The highest BCUT2D eigenvalue weighted by Crippen LogP contribution is 2.39. The summed E-state index contributed by atoms with van der Waals surface area (Å²) in [7, 11) is 0. The molecule has 0 aromatic rings. The van der Waals surface area contributed by atoms with E-state index in [9.17, 15) is 14.4 Å². The quantitative estimate of drug-likeness (QED) is 0.426. The molecule has 2 unspecified atom stereocenters. The standard InChI is InChI=1S/C11H18N2O5/c1-3-18-9(15)7(12)8(14)13-11(2,10(16)17)6-4-5-6/h6-7H,3-5,12H2,1-2H3,(H,13,14)(H,16,17). The van der Waals surface area contributed by atoms with Gasteiger partial charge in [-0.05, 0) is 32.6 Å². The predicted octanol–water partition coefficient (Wildman–Crippen LogP) is -0.754. The number of hydrogen-bond acceptors (Lipinski definition) is 5. The van der Waals surface area contributed by atoms with Crippen molar-refractivity contribution in [3.05, 3.63) is 0 Å². The molecule has 1 amide bonds. The van der Waals surface area contributed by atoms with Gasteiger partial charge in [0.1, 0.15) is 5.54 Å². The fourth-order valence-electron chi connectivity index (χ4n) is 1.66. The van der Waals surface area contributed by atoms with Gasteiger partial charge in [0, 0.05) is 0 Å². The Bertz CT molecular complexity index is 366. The smallest absolute Gasteiger partial charge is 0.332 e. The lowest BCUT2D eigenvalue weighted by Crippen LogP contribution is -2.59. The predicted molar refractivity (Wildman–Crippen MR) is 61.5 cm³/mol. The van der Waals surface area contributed by atoms with Crippen molar-refractivity contribution in [2.45, 2.75) is 38.3 Å². The van der Waals surface area contributed by atoms with Crippen LogP contribution in [-0.2, 0) is 19.1 Å². The van der Waals surface area contributed by atoms with Gasteiger partial charge in [-0.25, -0.2) is 9.59 Å². The summed E-state index contributed by atoms with van der Waals surface area (Å²) in [6.07, 6.45) is 1.47. The number of nitrogens with one attached hydrogen (secondary N) is 1. The summed E-state index contributed by atoms with van der Waals surface area (Å²) >= 11 is 0. The zero-order chi connectivity index (χ0) is 13.9. The van der Waals surface area contributed by atoms with E-state index in [0.717, 1.165) is 12.8 Å². The third kappa shape index (κ3) is 2.98. The number of aliphatic carboxylic acids is 1. The van der Waals surface area contributed by atoms with Gasteiger partial charge in [0.2, 0.25) is 5.91 Å². The molecule has 1 saturated carbocycles. The van der Waals surface area contributed by atoms with Crippen molar-refractivity contribution in [1.29, 1.82) is 0 Å². The first-order chi connectivity index (χ1) is 8.32. The SMILES string of the molecule is CCOC(=O)C(N)C(=O)NC(C)(C(=O)O)C1CC1. The lowest BCUT2D eigenvalue weighted by atomic mass is 9.95. The highest BCUT2D eigenvalue weighted by atomic mass is 16.5. The van der Waals surface area contributed by atoms with Crippen LogP contribution in [0.2, 0.25) is 0 Å². The van der Waals surface area contributed by atoms with Crippen molar-refractivity contribution in [2.75, 3.05) is 6.61 Å². The van der Waals surface area contributed by atoms with Crippen LogP contribution in [0.1, 0.15) is 26.7 Å². The number of carbonyl (C=O) groups excluding carboxylic acids is 2. The number of carboxylic acids is 1. The van der Waals surface area contributed by atoms with Crippen molar-refractivity contribution in [1.82, 2.24) is 5.32 Å². The molecule has 18 heavy (non-hydrogen) atoms. The summed E-state index contributed by atoms with van der Waals surface area (Å²) in [6.45, 7) is 3.12. The van der Waals surface area contributed by atoms with Gasteiger partial charge < -0.3 is 20.9 Å². The summed E-state index contributed by atoms with van der Waals surface area (Å²) < 4.78 is 4.60. The molecule has 102 valence electrons. The van der Waals surface area contributed by atoms with E-state index >= 15 is 0 Å². The van der Waals surface area contributed by atoms with Gasteiger partial charge in [0.05, 0.1) is 6.61 Å². The van der Waals surface area contributed by atoms with Crippen molar-refractivity contribution in [2.24, 2.45) is 11.7 Å². The molecule has 0 aliphatic heterocycles. The largest absolute Gasteiger partial charge is 0.480 e. The summed E-state index contributed by atoms with van der Waals surface area (Å²) in [5.41, 5.74) is 4.02. The van der Waals surface area contributed by atoms with Crippen LogP contribution in [0.3, 0.4) is 0 Å². The lowest BCUT2D eigenvalue weighted by Gasteiger charge is -2.27. The Morgan fingerprint density at radius 2 is 2.06 bits per heavy atom. The second-order valence-corrected chi connectivity index (χ2v) is 4.50. The first-order valence-electron chi connectivity index (χ1n) is 5.80. The molecule has 4 N–H and O–H groups in total. The van der Waals surface area contributed by atoms with Crippen molar-refractivity contribution >= 4 is 17.8 Å². The summed E-state index contributed by atoms with van der Waals surface area (Å²) in [5, 5.41) is 11.5. The maximum absolute atomic E-state index is 11.7. The molecule has 2 atom stereocenters. The molecule has 0 bridgehead atoms. The molecule has 7 heteroatoms. The zero-order valence-electron chi connectivity index (χ0n) is 10.4. The molecule has 1 fully saturated rings. The number of carboxylic acid groups (broad SMARTS) is 1. The Morgan fingerprint density at radius 1 is 1.50 bits per heavy atom. The second kappa shape index (κ2) is 5.34. The monoisotopic (exact) mass is 258 g/mol. The van der Waals surface area contributed by atoms with Gasteiger partial charge in [-0.3, -0.25) is 4.79 Å². The van der Waals surface area contributed by atoms with Gasteiger partial charge in [0.15, 0.2) is 6.04 Å². The molecule has 1 aliphatic carbocycles. The molecule has 0 radical (unpaired) electrons. The number of amides is 1. The number of hydrogen-bond donors (Lipinski definition) is 3. The first kappa shape index (κ1) is 14.4. The second-order valence-electron chi connectivity index (χ2n) is 4.50. The van der Waals surface area contributed by atoms with Gasteiger partial charge in [-0.15, -0.1) is 0 Å². The minimum Gasteiger partial charge on any atom is -0.480 e. The lowest BCUT2D eigenvalue weighted by molar-refractivity contribution is -0.152. The number of ether oxygens (including phenoxy) is 1. The normalized spacial score (nSPS) is 19.5. The summed E-state index contributed by atoms with van der Waals surface area (Å²) in [5.74, 6) is -2.94. The minimum absolute atomic E-state index is 0.110. The molecule has 1 rings (SSSR count). The Balaban J connectivity index is 2.67. The van der Waals surface area contributed by atoms with Gasteiger partial charge in [0.25, 0.3) is 0 Å². The van der Waals surface area contributed by atoms with Crippen LogP contribution in [0, 0.1) is 5.92 Å². The molecular formula is C11H18N2O5. The fraction of sp³-hybridized carbons (Fsp3) is 0.727. The first-order valence-corrected chi connectivity index (χ1v) is 5.80. The highest BCUT2D eigenvalue weighted by molar-refractivity contribution is 6.03. The van der Waals surface area contributed by atoms with Crippen LogP contribution in [0.15, 0.2) is 0 Å². The fourth-order valence-corrected chi connectivity index (χ4v) is 1.66. The van der Waals surface area contributed by atoms with E-state index in [-0.39, 0.29) is 12.5 Å². The number of esters is 1. The molecule has 0 heterocycles. The van der Waals surface area contributed by atoms with Crippen LogP contribution < -0.4 is 11.1 Å². The molecule has 0 saturated heterocycles. The third-order valence-corrected chi connectivity index (χ3v) is 3.04. The maximum atomic E-state index is 11.7. The van der Waals surface area contributed by atoms with E-state index in [2.05, 4.69) is 10.1 Å². The van der Waals surface area contributed by atoms with E-state index in [4.69, 9.17) is 10.8 Å². The van der Waals surface area contributed by atoms with Crippen molar-refractivity contribution in [3.63, 3.8) is 0 Å².